The second-order valence-electron chi connectivity index (χ2n) is 9.34. The molecule has 34 heavy (non-hydrogen) atoms. The molecule has 2 aliphatic heterocycles. The van der Waals surface area contributed by atoms with Crippen molar-refractivity contribution in [2.75, 3.05) is 38.1 Å². The fraction of sp³-hybridized carbons (Fsp3) is 0.375. The molecule has 180 valence electrons. The Morgan fingerprint density at radius 3 is 2.26 bits per heavy atom. The molecule has 9 nitrogen and oxygen atoms in total. The molecule has 10 heteroatoms. The van der Waals surface area contributed by atoms with Crippen LogP contribution in [0.15, 0.2) is 47.4 Å². The Hall–Kier alpha value is -3.24. The molecule has 0 saturated carbocycles. The van der Waals surface area contributed by atoms with Crippen molar-refractivity contribution in [3.63, 3.8) is 0 Å². The lowest BCUT2D eigenvalue weighted by Crippen LogP contribution is -2.51. The zero-order chi connectivity index (χ0) is 24.7. The molecule has 0 aromatic heterocycles. The number of hydrogen-bond donors (Lipinski definition) is 1. The highest BCUT2D eigenvalue weighted by atomic mass is 32.2. The number of benzene rings is 2. The minimum Gasteiger partial charge on any atom is -0.484 e. The number of carbonyl (C=O) groups is 3. The molecular weight excluding hydrogens is 458 g/mol. The summed E-state index contributed by atoms with van der Waals surface area (Å²) in [5.41, 5.74) is 1.54. The Balaban J connectivity index is 1.33. The largest absolute Gasteiger partial charge is 0.484 e. The third-order valence-corrected chi connectivity index (χ3v) is 7.90. The van der Waals surface area contributed by atoms with E-state index in [-0.39, 0.29) is 54.6 Å². The highest BCUT2D eigenvalue weighted by molar-refractivity contribution is 7.89. The Morgan fingerprint density at radius 2 is 1.65 bits per heavy atom. The maximum Gasteiger partial charge on any atom is 0.296 e. The van der Waals surface area contributed by atoms with Crippen molar-refractivity contribution in [2.24, 2.45) is 0 Å². The van der Waals surface area contributed by atoms with Crippen LogP contribution in [0, 0.1) is 0 Å². The minimum absolute atomic E-state index is 0.0258. The lowest BCUT2D eigenvalue weighted by molar-refractivity contribution is -0.134. The predicted octanol–water partition coefficient (Wildman–Crippen LogP) is 2.03. The quantitative estimate of drug-likeness (QED) is 0.649. The minimum atomic E-state index is -3.87. The number of anilines is 1. The molecule has 1 saturated heterocycles. The lowest BCUT2D eigenvalue weighted by atomic mass is 9.87. The summed E-state index contributed by atoms with van der Waals surface area (Å²) in [5, 5.41) is 2.40. The number of fused-ring (bicyclic) bond motifs is 1. The van der Waals surface area contributed by atoms with Crippen molar-refractivity contribution in [3.8, 4) is 5.75 Å². The number of hydrogen-bond acceptors (Lipinski definition) is 6. The van der Waals surface area contributed by atoms with E-state index < -0.39 is 21.7 Å². The van der Waals surface area contributed by atoms with E-state index >= 15 is 0 Å². The third-order valence-electron chi connectivity index (χ3n) is 6.00. The number of nitrogens with zero attached hydrogens (tertiary/aromatic N) is 2. The molecule has 0 radical (unpaired) electrons. The van der Waals surface area contributed by atoms with Gasteiger partial charge in [0.2, 0.25) is 10.0 Å². The molecule has 0 bridgehead atoms. The monoisotopic (exact) mass is 485 g/mol. The molecule has 2 heterocycles. The molecule has 2 aliphatic rings. The number of sulfonamides is 1. The standard InChI is InChI=1S/C24H27N3O6S/c1-24(2,3)16-4-6-17(7-5-16)33-15-21(28)26-10-12-27(13-11-26)34(31,32)18-8-9-20-19(14-18)22(29)23(30)25-20/h4-9,14H,10-13,15H2,1-3H3,(H,25,29,30). The van der Waals surface area contributed by atoms with Crippen molar-refractivity contribution >= 4 is 33.3 Å². The van der Waals surface area contributed by atoms with Gasteiger partial charge in [-0.05, 0) is 41.3 Å². The molecule has 4 rings (SSSR count). The summed E-state index contributed by atoms with van der Waals surface area (Å²) in [5.74, 6) is -1.15. The van der Waals surface area contributed by atoms with Crippen LogP contribution in [0.2, 0.25) is 0 Å². The molecule has 0 spiro atoms. The van der Waals surface area contributed by atoms with E-state index in [1.807, 2.05) is 24.3 Å². The number of ketones is 1. The SMILES string of the molecule is CC(C)(C)c1ccc(OCC(=O)N2CCN(S(=O)(=O)c3ccc4c(c3)C(=O)C(=O)N4)CC2)cc1. The maximum atomic E-state index is 13.0. The van der Waals surface area contributed by atoms with Gasteiger partial charge in [0.05, 0.1) is 16.1 Å². The molecule has 2 amide bonds. The van der Waals surface area contributed by atoms with E-state index in [0.717, 1.165) is 0 Å². The summed E-state index contributed by atoms with van der Waals surface area (Å²) in [4.78, 5) is 37.5. The van der Waals surface area contributed by atoms with Crippen LogP contribution in [0.25, 0.3) is 0 Å². The Morgan fingerprint density at radius 1 is 1.00 bits per heavy atom. The van der Waals surface area contributed by atoms with Crippen molar-refractivity contribution in [1.82, 2.24) is 9.21 Å². The number of rotatable bonds is 5. The van der Waals surface area contributed by atoms with E-state index in [4.69, 9.17) is 4.74 Å². The highest BCUT2D eigenvalue weighted by Crippen LogP contribution is 2.28. The molecule has 1 fully saturated rings. The number of carbonyl (C=O) groups excluding carboxylic acids is 3. The highest BCUT2D eigenvalue weighted by Gasteiger charge is 2.33. The Bertz CT molecular complexity index is 1240. The number of piperazine rings is 1. The van der Waals surface area contributed by atoms with Crippen molar-refractivity contribution in [2.45, 2.75) is 31.1 Å². The summed E-state index contributed by atoms with van der Waals surface area (Å²) in [6.45, 7) is 6.93. The van der Waals surface area contributed by atoms with Gasteiger partial charge >= 0.3 is 0 Å². The summed E-state index contributed by atoms with van der Waals surface area (Å²) in [6, 6.07) is 11.6. The van der Waals surface area contributed by atoms with Crippen molar-refractivity contribution in [1.29, 1.82) is 0 Å². The van der Waals surface area contributed by atoms with Gasteiger partial charge in [-0.15, -0.1) is 0 Å². The molecule has 2 aromatic carbocycles. The van der Waals surface area contributed by atoms with Gasteiger partial charge in [0.15, 0.2) is 6.61 Å². The van der Waals surface area contributed by atoms with Crippen LogP contribution >= 0.6 is 0 Å². The van der Waals surface area contributed by atoms with Gasteiger partial charge in [-0.1, -0.05) is 32.9 Å². The predicted molar refractivity (Wildman–Crippen MR) is 125 cm³/mol. The lowest BCUT2D eigenvalue weighted by Gasteiger charge is -2.34. The summed E-state index contributed by atoms with van der Waals surface area (Å²) in [7, 11) is -3.87. The summed E-state index contributed by atoms with van der Waals surface area (Å²) < 4.78 is 33.0. The summed E-state index contributed by atoms with van der Waals surface area (Å²) in [6.07, 6.45) is 0. The van der Waals surface area contributed by atoms with Gasteiger partial charge in [-0.3, -0.25) is 14.4 Å². The van der Waals surface area contributed by atoms with Gasteiger partial charge in [0.1, 0.15) is 5.75 Å². The van der Waals surface area contributed by atoms with Crippen LogP contribution in [0.4, 0.5) is 5.69 Å². The number of amides is 2. The molecule has 0 unspecified atom stereocenters. The van der Waals surface area contributed by atoms with E-state index in [2.05, 4.69) is 26.1 Å². The molecule has 2 aromatic rings. The average molecular weight is 486 g/mol. The number of Topliss-reactive ketones (excluding diaryl/α,β-unsaturated/α-hetero) is 1. The Kier molecular flexibility index (Phi) is 6.22. The summed E-state index contributed by atoms with van der Waals surface area (Å²) >= 11 is 0. The van der Waals surface area contributed by atoms with Crippen LogP contribution < -0.4 is 10.1 Å². The molecule has 1 N–H and O–H groups in total. The zero-order valence-corrected chi connectivity index (χ0v) is 20.1. The zero-order valence-electron chi connectivity index (χ0n) is 19.3. The van der Waals surface area contributed by atoms with Crippen LogP contribution in [0.3, 0.4) is 0 Å². The fourth-order valence-corrected chi connectivity index (χ4v) is 5.35. The van der Waals surface area contributed by atoms with Gasteiger partial charge in [0.25, 0.3) is 17.6 Å². The third kappa shape index (κ3) is 4.69. The second-order valence-corrected chi connectivity index (χ2v) is 11.3. The van der Waals surface area contributed by atoms with Crippen LogP contribution in [-0.2, 0) is 25.0 Å². The number of nitrogens with one attached hydrogen (secondary N) is 1. The topological polar surface area (TPSA) is 113 Å². The Labute approximate surface area is 198 Å². The molecule has 0 aliphatic carbocycles. The maximum absolute atomic E-state index is 13.0. The van der Waals surface area contributed by atoms with E-state index in [1.54, 1.807) is 4.90 Å². The van der Waals surface area contributed by atoms with Gasteiger partial charge < -0.3 is 15.0 Å². The van der Waals surface area contributed by atoms with Crippen LogP contribution in [0.1, 0.15) is 36.7 Å². The van der Waals surface area contributed by atoms with Gasteiger partial charge in [0, 0.05) is 26.2 Å². The molecule has 0 atom stereocenters. The van der Waals surface area contributed by atoms with Crippen LogP contribution in [-0.4, -0.2) is 68.0 Å². The van der Waals surface area contributed by atoms with Gasteiger partial charge in [-0.25, -0.2) is 8.42 Å². The first-order chi connectivity index (χ1) is 16.0. The van der Waals surface area contributed by atoms with Crippen LogP contribution in [0.5, 0.6) is 5.75 Å². The van der Waals surface area contributed by atoms with Crippen molar-refractivity contribution < 1.29 is 27.5 Å². The molecular formula is C24H27N3O6S. The van der Waals surface area contributed by atoms with E-state index in [0.29, 0.717) is 11.4 Å². The first kappa shape index (κ1) is 23.9. The second kappa shape index (κ2) is 8.84. The first-order valence-corrected chi connectivity index (χ1v) is 12.4. The fourth-order valence-electron chi connectivity index (χ4n) is 3.90. The van der Waals surface area contributed by atoms with E-state index in [1.165, 1.54) is 28.1 Å². The van der Waals surface area contributed by atoms with Crippen molar-refractivity contribution in [3.05, 3.63) is 53.6 Å². The number of ether oxygens (including phenoxy) is 1. The first-order valence-electron chi connectivity index (χ1n) is 11.0. The van der Waals surface area contributed by atoms with Gasteiger partial charge in [-0.2, -0.15) is 4.31 Å². The van der Waals surface area contributed by atoms with E-state index in [9.17, 15) is 22.8 Å². The smallest absolute Gasteiger partial charge is 0.296 e. The average Bonchev–Trinajstić information content (AvgIpc) is 3.10. The normalized spacial score (nSPS) is 16.9.